The second kappa shape index (κ2) is 4.62. The predicted octanol–water partition coefficient (Wildman–Crippen LogP) is 3.04. The number of rotatable bonds is 5. The van der Waals surface area contributed by atoms with E-state index in [-0.39, 0.29) is 0 Å². The highest BCUT2D eigenvalue weighted by molar-refractivity contribution is 7.11. The molecule has 15 heavy (non-hydrogen) atoms. The first-order valence-corrected chi connectivity index (χ1v) is 6.68. The molecule has 84 valence electrons. The van der Waals surface area contributed by atoms with E-state index in [1.807, 2.05) is 11.3 Å². The summed E-state index contributed by atoms with van der Waals surface area (Å²) >= 11 is 1.83. The van der Waals surface area contributed by atoms with Crippen molar-refractivity contribution in [2.24, 2.45) is 5.92 Å². The topological polar surface area (TPSA) is 24.9 Å². The van der Waals surface area contributed by atoms with Gasteiger partial charge in [-0.2, -0.15) is 0 Å². The van der Waals surface area contributed by atoms with E-state index >= 15 is 0 Å². The summed E-state index contributed by atoms with van der Waals surface area (Å²) in [7, 11) is 0. The lowest BCUT2D eigenvalue weighted by Gasteiger charge is -2.02. The van der Waals surface area contributed by atoms with Crippen molar-refractivity contribution >= 4 is 11.3 Å². The number of nitrogens with zero attached hydrogens (tertiary/aromatic N) is 1. The van der Waals surface area contributed by atoms with Gasteiger partial charge in [-0.1, -0.05) is 13.3 Å². The van der Waals surface area contributed by atoms with Crippen LogP contribution in [0.5, 0.6) is 0 Å². The maximum Gasteiger partial charge on any atom is 0.0900 e. The molecule has 2 atom stereocenters. The van der Waals surface area contributed by atoms with Crippen molar-refractivity contribution in [1.29, 1.82) is 0 Å². The Hall–Kier alpha value is -0.410. The highest BCUT2D eigenvalue weighted by Gasteiger charge is 2.35. The molecule has 2 nitrogen and oxygen atoms in total. The van der Waals surface area contributed by atoms with E-state index in [9.17, 15) is 0 Å². The van der Waals surface area contributed by atoms with Crippen LogP contribution in [-0.4, -0.2) is 11.0 Å². The number of aromatic nitrogens is 1. The summed E-state index contributed by atoms with van der Waals surface area (Å²) in [5, 5.41) is 4.82. The van der Waals surface area contributed by atoms with Crippen molar-refractivity contribution in [3.63, 3.8) is 0 Å². The zero-order chi connectivity index (χ0) is 10.8. The Kier molecular flexibility index (Phi) is 3.42. The minimum Gasteiger partial charge on any atom is -0.309 e. The molecule has 2 rings (SSSR count). The molecule has 0 bridgehead atoms. The third-order valence-corrected chi connectivity index (χ3v) is 4.18. The van der Waals surface area contributed by atoms with Gasteiger partial charge in [-0.25, -0.2) is 4.98 Å². The summed E-state index contributed by atoms with van der Waals surface area (Å²) < 4.78 is 0. The lowest BCUT2D eigenvalue weighted by atomic mass is 10.2. The average molecular weight is 224 g/mol. The smallest absolute Gasteiger partial charge is 0.0900 e. The molecule has 3 heteroatoms. The van der Waals surface area contributed by atoms with Gasteiger partial charge in [0.2, 0.25) is 0 Å². The van der Waals surface area contributed by atoms with E-state index in [1.165, 1.54) is 34.8 Å². The quantitative estimate of drug-likeness (QED) is 0.831. The molecule has 1 fully saturated rings. The lowest BCUT2D eigenvalue weighted by molar-refractivity contribution is 0.601. The van der Waals surface area contributed by atoms with E-state index in [4.69, 9.17) is 0 Å². The van der Waals surface area contributed by atoms with Gasteiger partial charge in [0.15, 0.2) is 0 Å². The van der Waals surface area contributed by atoms with Crippen molar-refractivity contribution in [3.8, 4) is 0 Å². The van der Waals surface area contributed by atoms with Gasteiger partial charge >= 0.3 is 0 Å². The van der Waals surface area contributed by atoms with Crippen molar-refractivity contribution in [3.05, 3.63) is 15.6 Å². The Morgan fingerprint density at radius 2 is 2.27 bits per heavy atom. The van der Waals surface area contributed by atoms with Crippen LogP contribution >= 0.6 is 11.3 Å². The van der Waals surface area contributed by atoms with Gasteiger partial charge in [0, 0.05) is 17.5 Å². The first kappa shape index (κ1) is 11.1. The highest BCUT2D eigenvalue weighted by atomic mass is 32.1. The fraction of sp³-hybridized carbons (Fsp3) is 0.750. The van der Waals surface area contributed by atoms with E-state index in [2.05, 4.69) is 31.1 Å². The zero-order valence-electron chi connectivity index (χ0n) is 9.84. The Balaban J connectivity index is 1.77. The van der Waals surface area contributed by atoms with Crippen LogP contribution in [0.15, 0.2) is 0 Å². The van der Waals surface area contributed by atoms with Crippen LogP contribution in [0.1, 0.15) is 41.8 Å². The number of thiazole rings is 1. The molecule has 0 aliphatic heterocycles. The molecule has 1 aliphatic rings. The maximum absolute atomic E-state index is 4.44. The lowest BCUT2D eigenvalue weighted by Crippen LogP contribution is -2.17. The molecular weight excluding hydrogens is 204 g/mol. The van der Waals surface area contributed by atoms with Gasteiger partial charge in [0.1, 0.15) is 0 Å². The van der Waals surface area contributed by atoms with Crippen LogP contribution in [0.2, 0.25) is 0 Å². The summed E-state index contributed by atoms with van der Waals surface area (Å²) in [5.41, 5.74) is 1.21. The van der Waals surface area contributed by atoms with Crippen LogP contribution in [0.4, 0.5) is 0 Å². The van der Waals surface area contributed by atoms with E-state index in [0.29, 0.717) is 0 Å². The first-order chi connectivity index (χ1) is 7.20. The summed E-state index contributed by atoms with van der Waals surface area (Å²) in [6.45, 7) is 7.48. The molecule has 1 aliphatic carbocycles. The second-order valence-corrected chi connectivity index (χ2v) is 5.80. The normalized spacial score (nSPS) is 24.5. The third kappa shape index (κ3) is 2.79. The number of hydrogen-bond acceptors (Lipinski definition) is 3. The maximum atomic E-state index is 4.44. The van der Waals surface area contributed by atoms with Gasteiger partial charge in [-0.3, -0.25) is 0 Å². The average Bonchev–Trinajstić information content (AvgIpc) is 2.83. The molecule has 1 aromatic heterocycles. The SMILES string of the molecule is CCCC1CC1NCc1sc(C)nc1C. The van der Waals surface area contributed by atoms with Crippen molar-refractivity contribution in [2.75, 3.05) is 0 Å². The van der Waals surface area contributed by atoms with Crippen molar-refractivity contribution < 1.29 is 0 Å². The minimum atomic E-state index is 0.784. The second-order valence-electron chi connectivity index (χ2n) is 4.51. The fourth-order valence-electron chi connectivity index (χ4n) is 2.15. The molecule has 1 heterocycles. The first-order valence-electron chi connectivity index (χ1n) is 5.87. The fourth-order valence-corrected chi connectivity index (χ4v) is 3.04. The standard InChI is InChI=1S/C12H20N2S/c1-4-5-10-6-11(10)13-7-12-8(2)14-9(3)15-12/h10-11,13H,4-7H2,1-3H3. The number of aryl methyl sites for hydroxylation is 2. The predicted molar refractivity (Wildman–Crippen MR) is 65.2 cm³/mol. The van der Waals surface area contributed by atoms with E-state index < -0.39 is 0 Å². The molecule has 0 spiro atoms. The van der Waals surface area contributed by atoms with Crippen LogP contribution in [0, 0.1) is 19.8 Å². The minimum absolute atomic E-state index is 0.784. The summed E-state index contributed by atoms with van der Waals surface area (Å²) in [6.07, 6.45) is 4.09. The van der Waals surface area contributed by atoms with Gasteiger partial charge in [-0.15, -0.1) is 11.3 Å². The molecule has 2 unspecified atom stereocenters. The molecule has 1 aromatic rings. The van der Waals surface area contributed by atoms with Crippen LogP contribution in [-0.2, 0) is 6.54 Å². The summed E-state index contributed by atoms with van der Waals surface area (Å²) in [5.74, 6) is 0.948. The Bertz CT molecular complexity index is 332. The van der Waals surface area contributed by atoms with Crippen LogP contribution in [0.25, 0.3) is 0 Å². The van der Waals surface area contributed by atoms with E-state index in [0.717, 1.165) is 18.5 Å². The van der Waals surface area contributed by atoms with Gasteiger partial charge < -0.3 is 5.32 Å². The third-order valence-electron chi connectivity index (χ3n) is 3.11. The highest BCUT2D eigenvalue weighted by Crippen LogP contribution is 2.35. The monoisotopic (exact) mass is 224 g/mol. The molecule has 0 amide bonds. The molecular formula is C12H20N2S. The zero-order valence-corrected chi connectivity index (χ0v) is 10.7. The largest absolute Gasteiger partial charge is 0.309 e. The summed E-state index contributed by atoms with van der Waals surface area (Å²) in [4.78, 5) is 5.86. The van der Waals surface area contributed by atoms with Gasteiger partial charge in [0.05, 0.1) is 10.7 Å². The summed E-state index contributed by atoms with van der Waals surface area (Å²) in [6, 6.07) is 0.784. The van der Waals surface area contributed by atoms with Crippen molar-refractivity contribution in [1.82, 2.24) is 10.3 Å². The molecule has 0 radical (unpaired) electrons. The number of nitrogens with one attached hydrogen (secondary N) is 1. The van der Waals surface area contributed by atoms with Crippen molar-refractivity contribution in [2.45, 2.75) is 52.6 Å². The Morgan fingerprint density at radius 1 is 1.47 bits per heavy atom. The Labute approximate surface area is 96.1 Å². The van der Waals surface area contributed by atoms with E-state index in [1.54, 1.807) is 0 Å². The van der Waals surface area contributed by atoms with Crippen LogP contribution in [0.3, 0.4) is 0 Å². The van der Waals surface area contributed by atoms with Gasteiger partial charge in [-0.05, 0) is 32.6 Å². The van der Waals surface area contributed by atoms with Gasteiger partial charge in [0.25, 0.3) is 0 Å². The molecule has 1 saturated carbocycles. The molecule has 0 saturated heterocycles. The Morgan fingerprint density at radius 3 is 2.87 bits per heavy atom. The van der Waals surface area contributed by atoms with Crippen LogP contribution < -0.4 is 5.32 Å². The number of hydrogen-bond donors (Lipinski definition) is 1. The molecule has 0 aromatic carbocycles. The molecule has 1 N–H and O–H groups in total.